The van der Waals surface area contributed by atoms with Crippen molar-refractivity contribution in [3.05, 3.63) is 59.4 Å². The maximum Gasteiger partial charge on any atom is 0.167 e. The summed E-state index contributed by atoms with van der Waals surface area (Å²) in [5.41, 5.74) is 1.29. The van der Waals surface area contributed by atoms with Gasteiger partial charge in [0.1, 0.15) is 5.82 Å². The molecular weight excluding hydrogens is 311 g/mol. The summed E-state index contributed by atoms with van der Waals surface area (Å²) in [7, 11) is 3.21. The van der Waals surface area contributed by atoms with Gasteiger partial charge in [-0.2, -0.15) is 0 Å². The van der Waals surface area contributed by atoms with Gasteiger partial charge in [-0.25, -0.2) is 4.39 Å². The fourth-order valence-corrected chi connectivity index (χ4v) is 2.25. The molecule has 2 rings (SSSR count). The molecule has 0 N–H and O–H groups in total. The molecule has 0 fully saturated rings. The lowest BCUT2D eigenvalue weighted by Crippen LogP contribution is -2.06. The maximum absolute atomic E-state index is 12.9. The number of ether oxygens (including phenoxy) is 3. The van der Waals surface area contributed by atoms with Crippen LogP contribution in [0, 0.1) is 5.82 Å². The molecule has 2 aromatic rings. The zero-order chi connectivity index (χ0) is 17.4. The number of rotatable bonds is 9. The molecule has 0 radical (unpaired) electrons. The van der Waals surface area contributed by atoms with Gasteiger partial charge in [0.2, 0.25) is 0 Å². The van der Waals surface area contributed by atoms with Crippen molar-refractivity contribution in [1.82, 2.24) is 0 Å². The number of carbonyl (C=O) groups is 1. The summed E-state index contributed by atoms with van der Waals surface area (Å²) in [5, 5.41) is 0. The number of halogens is 1. The Morgan fingerprint density at radius 1 is 1.00 bits per heavy atom. The molecular formula is C19H21FO4. The first-order valence-electron chi connectivity index (χ1n) is 7.71. The highest BCUT2D eigenvalue weighted by Gasteiger charge is 2.11. The first-order valence-corrected chi connectivity index (χ1v) is 7.71. The van der Waals surface area contributed by atoms with Crippen molar-refractivity contribution in [1.29, 1.82) is 0 Å². The number of benzene rings is 2. The van der Waals surface area contributed by atoms with Crippen molar-refractivity contribution in [3.63, 3.8) is 0 Å². The normalized spacial score (nSPS) is 10.5. The van der Waals surface area contributed by atoms with Crippen molar-refractivity contribution >= 4 is 5.78 Å². The standard InChI is InChI=1S/C19H21FO4/c1-22-10-3-11-24-19-13-14(4-9-18(19)23-2)12-17(21)15-5-7-16(20)8-6-15/h4-9,13H,3,10-12H2,1-2H3. The lowest BCUT2D eigenvalue weighted by atomic mass is 10.0. The quantitative estimate of drug-likeness (QED) is 0.519. The lowest BCUT2D eigenvalue weighted by molar-refractivity contribution is 0.0993. The molecule has 0 aliphatic carbocycles. The van der Waals surface area contributed by atoms with Gasteiger partial charge in [-0.1, -0.05) is 6.07 Å². The third-order valence-corrected chi connectivity index (χ3v) is 3.51. The summed E-state index contributed by atoms with van der Waals surface area (Å²) >= 11 is 0. The van der Waals surface area contributed by atoms with Gasteiger partial charge in [-0.3, -0.25) is 4.79 Å². The lowest BCUT2D eigenvalue weighted by Gasteiger charge is -2.12. The maximum atomic E-state index is 12.9. The average Bonchev–Trinajstić information content (AvgIpc) is 2.59. The van der Waals surface area contributed by atoms with Gasteiger partial charge < -0.3 is 14.2 Å². The Bertz CT molecular complexity index is 668. The van der Waals surface area contributed by atoms with E-state index in [1.54, 1.807) is 26.4 Å². The van der Waals surface area contributed by atoms with E-state index in [2.05, 4.69) is 0 Å². The third kappa shape index (κ3) is 5.06. The average molecular weight is 332 g/mol. The zero-order valence-corrected chi connectivity index (χ0v) is 13.9. The van der Waals surface area contributed by atoms with Crippen LogP contribution in [-0.2, 0) is 11.2 Å². The monoisotopic (exact) mass is 332 g/mol. The largest absolute Gasteiger partial charge is 0.493 e. The molecule has 128 valence electrons. The fraction of sp³-hybridized carbons (Fsp3) is 0.316. The highest BCUT2D eigenvalue weighted by molar-refractivity contribution is 5.97. The fourth-order valence-electron chi connectivity index (χ4n) is 2.25. The van der Waals surface area contributed by atoms with Gasteiger partial charge in [0.05, 0.1) is 13.7 Å². The van der Waals surface area contributed by atoms with Crippen molar-refractivity contribution in [2.75, 3.05) is 27.4 Å². The molecule has 0 spiro atoms. The van der Waals surface area contributed by atoms with Crippen molar-refractivity contribution in [2.45, 2.75) is 12.8 Å². The van der Waals surface area contributed by atoms with E-state index in [-0.39, 0.29) is 18.0 Å². The Balaban J connectivity index is 2.06. The Hall–Kier alpha value is -2.40. The Morgan fingerprint density at radius 3 is 2.42 bits per heavy atom. The van der Waals surface area contributed by atoms with Gasteiger partial charge >= 0.3 is 0 Å². The van der Waals surface area contributed by atoms with Crippen LogP contribution in [0.15, 0.2) is 42.5 Å². The number of Topliss-reactive ketones (excluding diaryl/α,β-unsaturated/α-hetero) is 1. The van der Waals surface area contributed by atoms with Crippen molar-refractivity contribution in [3.8, 4) is 11.5 Å². The first kappa shape index (κ1) is 17.9. The minimum Gasteiger partial charge on any atom is -0.493 e. The van der Waals surface area contributed by atoms with E-state index in [9.17, 15) is 9.18 Å². The number of hydrogen-bond donors (Lipinski definition) is 0. The van der Waals surface area contributed by atoms with Crippen LogP contribution < -0.4 is 9.47 Å². The van der Waals surface area contributed by atoms with E-state index in [0.29, 0.717) is 30.3 Å². The van der Waals surface area contributed by atoms with Gasteiger partial charge in [0.15, 0.2) is 17.3 Å². The number of hydrogen-bond acceptors (Lipinski definition) is 4. The van der Waals surface area contributed by atoms with E-state index < -0.39 is 0 Å². The van der Waals surface area contributed by atoms with Crippen LogP contribution in [0.3, 0.4) is 0 Å². The molecule has 0 saturated heterocycles. The molecule has 2 aromatic carbocycles. The predicted molar refractivity (Wildman–Crippen MR) is 89.4 cm³/mol. The van der Waals surface area contributed by atoms with E-state index in [0.717, 1.165) is 12.0 Å². The summed E-state index contributed by atoms with van der Waals surface area (Å²) in [5.74, 6) is 0.775. The summed E-state index contributed by atoms with van der Waals surface area (Å²) in [6.07, 6.45) is 0.975. The van der Waals surface area contributed by atoms with Gasteiger partial charge in [0, 0.05) is 32.1 Å². The van der Waals surface area contributed by atoms with E-state index in [1.807, 2.05) is 6.07 Å². The van der Waals surface area contributed by atoms with E-state index in [4.69, 9.17) is 14.2 Å². The molecule has 0 heterocycles. The first-order chi connectivity index (χ1) is 11.6. The van der Waals surface area contributed by atoms with Gasteiger partial charge in [-0.15, -0.1) is 0 Å². The second kappa shape index (κ2) is 9.03. The molecule has 0 aliphatic rings. The molecule has 4 nitrogen and oxygen atoms in total. The third-order valence-electron chi connectivity index (χ3n) is 3.51. The topological polar surface area (TPSA) is 44.8 Å². The zero-order valence-electron chi connectivity index (χ0n) is 13.9. The summed E-state index contributed by atoms with van der Waals surface area (Å²) < 4.78 is 28.9. The molecule has 0 amide bonds. The van der Waals surface area contributed by atoms with Crippen LogP contribution in [0.2, 0.25) is 0 Å². The van der Waals surface area contributed by atoms with Crippen molar-refractivity contribution in [2.24, 2.45) is 0 Å². The molecule has 0 unspecified atom stereocenters. The van der Waals surface area contributed by atoms with Gasteiger partial charge in [-0.05, 0) is 42.0 Å². The van der Waals surface area contributed by atoms with Gasteiger partial charge in [0.25, 0.3) is 0 Å². The van der Waals surface area contributed by atoms with Crippen LogP contribution >= 0.6 is 0 Å². The SMILES string of the molecule is COCCCOc1cc(CC(=O)c2ccc(F)cc2)ccc1OC. The smallest absolute Gasteiger partial charge is 0.167 e. The van der Waals surface area contributed by atoms with Crippen molar-refractivity contribution < 1.29 is 23.4 Å². The van der Waals surface area contributed by atoms with Crippen LogP contribution in [-0.4, -0.2) is 33.2 Å². The predicted octanol–water partition coefficient (Wildman–Crippen LogP) is 3.68. The Kier molecular flexibility index (Phi) is 6.75. The summed E-state index contributed by atoms with van der Waals surface area (Å²) in [6.45, 7) is 1.12. The minimum atomic E-state index is -0.359. The van der Waals surface area contributed by atoms with Crippen LogP contribution in [0.4, 0.5) is 4.39 Å². The minimum absolute atomic E-state index is 0.0782. The Morgan fingerprint density at radius 2 is 1.75 bits per heavy atom. The molecule has 0 aliphatic heterocycles. The summed E-state index contributed by atoms with van der Waals surface area (Å²) in [4.78, 5) is 12.3. The second-order valence-electron chi connectivity index (χ2n) is 5.29. The molecule has 0 bridgehead atoms. The van der Waals surface area contributed by atoms with Crippen LogP contribution in [0.25, 0.3) is 0 Å². The highest BCUT2D eigenvalue weighted by Crippen LogP contribution is 2.28. The second-order valence-corrected chi connectivity index (χ2v) is 5.29. The van der Waals surface area contributed by atoms with E-state index in [1.165, 1.54) is 24.3 Å². The highest BCUT2D eigenvalue weighted by atomic mass is 19.1. The van der Waals surface area contributed by atoms with Crippen LogP contribution in [0.5, 0.6) is 11.5 Å². The number of methoxy groups -OCH3 is 2. The van der Waals surface area contributed by atoms with E-state index >= 15 is 0 Å². The number of ketones is 1. The molecule has 24 heavy (non-hydrogen) atoms. The molecule has 0 saturated carbocycles. The summed E-state index contributed by atoms with van der Waals surface area (Å²) in [6, 6.07) is 10.9. The Labute approximate surface area is 141 Å². The molecule has 0 aromatic heterocycles. The molecule has 0 atom stereocenters. The molecule has 5 heteroatoms. The van der Waals surface area contributed by atoms with Crippen LogP contribution in [0.1, 0.15) is 22.3 Å². The number of carbonyl (C=O) groups excluding carboxylic acids is 1.